The van der Waals surface area contributed by atoms with Crippen molar-refractivity contribution in [1.82, 2.24) is 15.5 Å². The molecule has 2 aliphatic heterocycles. The van der Waals surface area contributed by atoms with Crippen molar-refractivity contribution in [2.24, 2.45) is 0 Å². The molecule has 0 saturated carbocycles. The van der Waals surface area contributed by atoms with Gasteiger partial charge < -0.3 is 10.2 Å². The van der Waals surface area contributed by atoms with Crippen molar-refractivity contribution in [2.75, 3.05) is 0 Å². The SMILES string of the molecule is BC1(B)CCC(B)(N2Cc3cc(CNC(=O)C(F)(F)c4ccc(Cl)cc4)ccc3C2=O)C(=O)NC1=O. The van der Waals surface area contributed by atoms with Gasteiger partial charge in [0.15, 0.2) is 0 Å². The summed E-state index contributed by atoms with van der Waals surface area (Å²) in [5.41, 5.74) is -0.179. The van der Waals surface area contributed by atoms with E-state index in [1.165, 1.54) is 17.0 Å². The highest BCUT2D eigenvalue weighted by molar-refractivity contribution is 6.52. The summed E-state index contributed by atoms with van der Waals surface area (Å²) >= 11 is 5.73. The molecule has 0 bridgehead atoms. The van der Waals surface area contributed by atoms with Crippen molar-refractivity contribution in [3.8, 4) is 0 Å². The standard InChI is InChI=1S/C23H23B3ClF2N3O4/c24-21(25)7-8-22(26,19(35)31-18(21)34)32-11-13-9-12(1-6-16(13)17(32)33)10-30-20(36)23(28,29)14-2-4-15(27)5-3-14/h1-6,9H,7-8,10-11,24-26H2,(H,30,36)(H,31,34,35). The van der Waals surface area contributed by atoms with E-state index in [0.29, 0.717) is 29.5 Å². The zero-order valence-electron chi connectivity index (χ0n) is 20.1. The summed E-state index contributed by atoms with van der Waals surface area (Å²) in [5, 5.41) is 4.20. The third kappa shape index (κ3) is 4.54. The van der Waals surface area contributed by atoms with Gasteiger partial charge in [-0.15, -0.1) is 0 Å². The second kappa shape index (κ2) is 9.07. The number of rotatable bonds is 5. The summed E-state index contributed by atoms with van der Waals surface area (Å²) in [6.07, 6.45) is 0.723. The minimum absolute atomic E-state index is 0.120. The van der Waals surface area contributed by atoms with Gasteiger partial charge in [0, 0.05) is 29.2 Å². The Hall–Kier alpha value is -3.14. The van der Waals surface area contributed by atoms with Crippen molar-refractivity contribution >= 4 is 58.8 Å². The molecule has 2 aromatic rings. The first-order valence-electron chi connectivity index (χ1n) is 11.5. The summed E-state index contributed by atoms with van der Waals surface area (Å²) < 4.78 is 29.1. The van der Waals surface area contributed by atoms with Crippen LogP contribution in [0.2, 0.25) is 10.2 Å². The molecule has 184 valence electrons. The van der Waals surface area contributed by atoms with Gasteiger partial charge in [-0.2, -0.15) is 8.78 Å². The van der Waals surface area contributed by atoms with Crippen LogP contribution in [0.3, 0.4) is 0 Å². The highest BCUT2D eigenvalue weighted by atomic mass is 35.5. The van der Waals surface area contributed by atoms with Gasteiger partial charge in [0.2, 0.25) is 11.8 Å². The molecule has 2 aromatic carbocycles. The van der Waals surface area contributed by atoms with Crippen molar-refractivity contribution in [3.05, 3.63) is 69.7 Å². The highest BCUT2D eigenvalue weighted by Gasteiger charge is 2.49. The number of hydrogen-bond acceptors (Lipinski definition) is 4. The van der Waals surface area contributed by atoms with Gasteiger partial charge >= 0.3 is 5.92 Å². The molecule has 13 heteroatoms. The van der Waals surface area contributed by atoms with E-state index in [0.717, 1.165) is 12.1 Å². The number of amides is 4. The van der Waals surface area contributed by atoms with Crippen LogP contribution in [-0.2, 0) is 33.4 Å². The number of nitrogens with zero attached hydrogens (tertiary/aromatic N) is 1. The number of fused-ring (bicyclic) bond motifs is 1. The second-order valence-electron chi connectivity index (χ2n) is 10.1. The highest BCUT2D eigenvalue weighted by Crippen LogP contribution is 2.37. The number of hydrogen-bond donors (Lipinski definition) is 2. The van der Waals surface area contributed by atoms with Crippen molar-refractivity contribution in [1.29, 1.82) is 0 Å². The number of benzene rings is 2. The molecule has 2 heterocycles. The fourth-order valence-corrected chi connectivity index (χ4v) is 4.54. The molecule has 1 saturated heterocycles. The number of imide groups is 1. The second-order valence-corrected chi connectivity index (χ2v) is 10.5. The summed E-state index contributed by atoms with van der Waals surface area (Å²) in [4.78, 5) is 52.2. The van der Waals surface area contributed by atoms with E-state index in [4.69, 9.17) is 11.6 Å². The molecule has 4 rings (SSSR count). The Morgan fingerprint density at radius 2 is 1.72 bits per heavy atom. The molecular formula is C23H23B3ClF2N3O4. The van der Waals surface area contributed by atoms with Crippen molar-refractivity contribution in [3.63, 3.8) is 0 Å². The van der Waals surface area contributed by atoms with Crippen LogP contribution in [0, 0.1) is 0 Å². The lowest BCUT2D eigenvalue weighted by Gasteiger charge is -2.36. The molecule has 0 aromatic heterocycles. The van der Waals surface area contributed by atoms with Gasteiger partial charge in [-0.05, 0) is 41.0 Å². The zero-order chi connectivity index (χ0) is 26.5. The van der Waals surface area contributed by atoms with E-state index in [1.807, 2.05) is 0 Å². The maximum absolute atomic E-state index is 14.5. The van der Waals surface area contributed by atoms with Gasteiger partial charge in [0.25, 0.3) is 11.8 Å². The molecule has 36 heavy (non-hydrogen) atoms. The Balaban J connectivity index is 1.48. The maximum Gasteiger partial charge on any atom is 0.349 e. The number of halogens is 3. The molecule has 7 nitrogen and oxygen atoms in total. The smallest absolute Gasteiger partial charge is 0.346 e. The van der Waals surface area contributed by atoms with E-state index in [9.17, 15) is 28.0 Å². The van der Waals surface area contributed by atoms with Crippen LogP contribution in [-0.4, -0.2) is 57.5 Å². The van der Waals surface area contributed by atoms with Crippen molar-refractivity contribution in [2.45, 2.75) is 42.5 Å². The first-order valence-corrected chi connectivity index (χ1v) is 11.9. The van der Waals surface area contributed by atoms with Gasteiger partial charge in [0.1, 0.15) is 23.5 Å². The molecule has 0 aliphatic carbocycles. The van der Waals surface area contributed by atoms with Crippen LogP contribution in [0.15, 0.2) is 42.5 Å². The Labute approximate surface area is 214 Å². The molecule has 1 atom stereocenters. The van der Waals surface area contributed by atoms with Crippen LogP contribution in [0.4, 0.5) is 8.78 Å². The summed E-state index contributed by atoms with van der Waals surface area (Å²) in [6, 6.07) is 9.54. The van der Waals surface area contributed by atoms with Crippen molar-refractivity contribution < 1.29 is 28.0 Å². The largest absolute Gasteiger partial charge is 0.349 e. The fraction of sp³-hybridized carbons (Fsp3) is 0.304. The third-order valence-corrected chi connectivity index (χ3v) is 7.33. The zero-order valence-corrected chi connectivity index (χ0v) is 20.8. The first kappa shape index (κ1) is 25.9. The molecular weight excluding hydrogens is 488 g/mol. The molecule has 0 spiro atoms. The molecule has 1 fully saturated rings. The molecule has 1 unspecified atom stereocenters. The summed E-state index contributed by atoms with van der Waals surface area (Å²) in [7, 11) is 5.14. The van der Waals surface area contributed by atoms with E-state index in [-0.39, 0.29) is 29.9 Å². The topological polar surface area (TPSA) is 95.6 Å². The predicted octanol–water partition coefficient (Wildman–Crippen LogP) is -0.148. The van der Waals surface area contributed by atoms with Gasteiger partial charge in [-0.25, -0.2) is 0 Å². The molecule has 2 aliphatic rings. The van der Waals surface area contributed by atoms with Crippen LogP contribution >= 0.6 is 11.6 Å². The number of alkyl halides is 2. The minimum atomic E-state index is -3.75. The van der Waals surface area contributed by atoms with E-state index in [1.54, 1.807) is 41.7 Å². The summed E-state index contributed by atoms with van der Waals surface area (Å²) in [5.74, 6) is -6.47. The first-order chi connectivity index (χ1) is 16.8. The average Bonchev–Trinajstić information content (AvgIpc) is 3.13. The normalized spacial score (nSPS) is 21.5. The summed E-state index contributed by atoms with van der Waals surface area (Å²) in [6.45, 7) is -0.0562. The predicted molar refractivity (Wildman–Crippen MR) is 137 cm³/mol. The Bertz CT molecular complexity index is 1280. The monoisotopic (exact) mass is 511 g/mol. The Morgan fingerprint density at radius 3 is 2.39 bits per heavy atom. The number of carbonyl (C=O) groups is 4. The molecule has 4 amide bonds. The number of nitrogens with one attached hydrogen (secondary N) is 2. The van der Waals surface area contributed by atoms with E-state index < -0.39 is 34.0 Å². The van der Waals surface area contributed by atoms with Crippen LogP contribution < -0.4 is 10.6 Å². The third-order valence-electron chi connectivity index (χ3n) is 7.08. The molecule has 0 radical (unpaired) electrons. The van der Waals surface area contributed by atoms with Crippen LogP contribution in [0.25, 0.3) is 0 Å². The van der Waals surface area contributed by atoms with Gasteiger partial charge in [-0.3, -0.25) is 24.5 Å². The van der Waals surface area contributed by atoms with Crippen LogP contribution in [0.1, 0.15) is 39.9 Å². The lowest BCUT2D eigenvalue weighted by atomic mass is 9.51. The van der Waals surface area contributed by atoms with E-state index in [2.05, 4.69) is 10.6 Å². The van der Waals surface area contributed by atoms with Gasteiger partial charge in [0.05, 0.1) is 5.44 Å². The maximum atomic E-state index is 14.5. The average molecular weight is 511 g/mol. The number of carbonyl (C=O) groups excluding carboxylic acids is 4. The van der Waals surface area contributed by atoms with Crippen LogP contribution in [0.5, 0.6) is 0 Å². The fourth-order valence-electron chi connectivity index (χ4n) is 4.41. The lowest BCUT2D eigenvalue weighted by Crippen LogP contribution is -2.59. The molecule has 2 N–H and O–H groups in total. The Morgan fingerprint density at radius 1 is 1.06 bits per heavy atom. The minimum Gasteiger partial charge on any atom is -0.346 e. The Kier molecular flexibility index (Phi) is 6.53. The quantitative estimate of drug-likeness (QED) is 0.432. The van der Waals surface area contributed by atoms with E-state index >= 15 is 0 Å². The lowest BCUT2D eigenvalue weighted by molar-refractivity contribution is -0.147. The van der Waals surface area contributed by atoms with Gasteiger partial charge in [-0.1, -0.05) is 42.3 Å².